The van der Waals surface area contributed by atoms with Crippen LogP contribution in [0.4, 0.5) is 0 Å². The van der Waals surface area contributed by atoms with Crippen LogP contribution in [0.3, 0.4) is 0 Å². The summed E-state index contributed by atoms with van der Waals surface area (Å²) in [5.74, 6) is 1.05. The highest BCUT2D eigenvalue weighted by Crippen LogP contribution is 2.37. The molecular weight excluding hydrogens is 364 g/mol. The van der Waals surface area contributed by atoms with Gasteiger partial charge in [-0.25, -0.2) is 0 Å². The Bertz CT molecular complexity index is 906. The van der Waals surface area contributed by atoms with E-state index in [-0.39, 0.29) is 11.9 Å². The number of rotatable bonds is 4. The van der Waals surface area contributed by atoms with E-state index in [1.807, 2.05) is 83.3 Å². The van der Waals surface area contributed by atoms with Crippen molar-refractivity contribution in [3.8, 4) is 5.69 Å². The highest BCUT2D eigenvalue weighted by molar-refractivity contribution is 7.99. The standard InChI is InChI=1S/C21H19ClN2OS/c22-16-5-8-20-18(14-16)19(9-12-26-20)23-21(25)13-15-3-6-17(7-4-15)24-10-1-2-11-24/h1-8,10-11,14,19H,9,12-13H2,(H,23,25). The fourth-order valence-corrected chi connectivity index (χ4v) is 4.52. The summed E-state index contributed by atoms with van der Waals surface area (Å²) in [6, 6.07) is 18.0. The first-order chi connectivity index (χ1) is 12.7. The molecule has 3 aromatic rings. The molecule has 1 unspecified atom stereocenters. The second-order valence-electron chi connectivity index (χ2n) is 6.37. The molecule has 2 heterocycles. The molecule has 0 aliphatic carbocycles. The molecule has 0 spiro atoms. The minimum Gasteiger partial charge on any atom is -0.349 e. The number of nitrogens with zero attached hydrogens (tertiary/aromatic N) is 1. The molecular formula is C21H19ClN2OS. The van der Waals surface area contributed by atoms with Crippen LogP contribution < -0.4 is 5.32 Å². The molecule has 132 valence electrons. The highest BCUT2D eigenvalue weighted by Gasteiger charge is 2.22. The van der Waals surface area contributed by atoms with Gasteiger partial charge in [-0.1, -0.05) is 23.7 Å². The van der Waals surface area contributed by atoms with Crippen LogP contribution in [-0.4, -0.2) is 16.2 Å². The van der Waals surface area contributed by atoms with E-state index in [9.17, 15) is 4.79 Å². The molecule has 3 nitrogen and oxygen atoms in total. The van der Waals surface area contributed by atoms with Gasteiger partial charge in [0.05, 0.1) is 12.5 Å². The van der Waals surface area contributed by atoms with Crippen molar-refractivity contribution in [2.45, 2.75) is 23.8 Å². The molecule has 1 aromatic heterocycles. The first kappa shape index (κ1) is 17.3. The van der Waals surface area contributed by atoms with Gasteiger partial charge in [-0.2, -0.15) is 0 Å². The maximum atomic E-state index is 12.5. The normalized spacial score (nSPS) is 16.1. The van der Waals surface area contributed by atoms with Crippen molar-refractivity contribution >= 4 is 29.3 Å². The lowest BCUT2D eigenvalue weighted by Crippen LogP contribution is -2.31. The Hall–Kier alpha value is -2.17. The van der Waals surface area contributed by atoms with Gasteiger partial charge in [-0.3, -0.25) is 4.79 Å². The van der Waals surface area contributed by atoms with Crippen LogP contribution in [0.15, 0.2) is 71.9 Å². The van der Waals surface area contributed by atoms with Crippen LogP contribution in [0.25, 0.3) is 5.69 Å². The van der Waals surface area contributed by atoms with Crippen molar-refractivity contribution in [1.82, 2.24) is 9.88 Å². The summed E-state index contributed by atoms with van der Waals surface area (Å²) in [7, 11) is 0. The summed E-state index contributed by atoms with van der Waals surface area (Å²) in [6.45, 7) is 0. The zero-order valence-corrected chi connectivity index (χ0v) is 15.8. The van der Waals surface area contributed by atoms with Crippen molar-refractivity contribution in [2.24, 2.45) is 0 Å². The third kappa shape index (κ3) is 3.81. The van der Waals surface area contributed by atoms with Gasteiger partial charge in [-0.15, -0.1) is 11.8 Å². The summed E-state index contributed by atoms with van der Waals surface area (Å²) in [4.78, 5) is 13.7. The first-order valence-corrected chi connectivity index (χ1v) is 9.99. The van der Waals surface area contributed by atoms with Gasteiger partial charge < -0.3 is 9.88 Å². The first-order valence-electron chi connectivity index (χ1n) is 8.63. The van der Waals surface area contributed by atoms with Gasteiger partial charge in [0.25, 0.3) is 0 Å². The molecule has 0 radical (unpaired) electrons. The number of thioether (sulfide) groups is 1. The van der Waals surface area contributed by atoms with Crippen LogP contribution in [-0.2, 0) is 11.2 Å². The smallest absolute Gasteiger partial charge is 0.224 e. The van der Waals surface area contributed by atoms with Gasteiger partial charge in [-0.05, 0) is 60.0 Å². The van der Waals surface area contributed by atoms with Gasteiger partial charge in [0.15, 0.2) is 0 Å². The quantitative estimate of drug-likeness (QED) is 0.686. The number of hydrogen-bond donors (Lipinski definition) is 1. The van der Waals surface area contributed by atoms with Crippen LogP contribution in [0.1, 0.15) is 23.6 Å². The number of aromatic nitrogens is 1. The summed E-state index contributed by atoms with van der Waals surface area (Å²) < 4.78 is 2.05. The molecule has 0 saturated carbocycles. The predicted molar refractivity (Wildman–Crippen MR) is 107 cm³/mol. The fourth-order valence-electron chi connectivity index (χ4n) is 3.24. The van der Waals surface area contributed by atoms with E-state index in [1.54, 1.807) is 0 Å². The molecule has 1 aliphatic rings. The second-order valence-corrected chi connectivity index (χ2v) is 7.95. The second kappa shape index (κ2) is 7.60. The fraction of sp³-hybridized carbons (Fsp3) is 0.190. The maximum absolute atomic E-state index is 12.5. The molecule has 1 amide bonds. The molecule has 1 aliphatic heterocycles. The number of fused-ring (bicyclic) bond motifs is 1. The van der Waals surface area contributed by atoms with E-state index in [0.717, 1.165) is 29.0 Å². The van der Waals surface area contributed by atoms with Gasteiger partial charge in [0.1, 0.15) is 0 Å². The average molecular weight is 383 g/mol. The number of carbonyl (C=O) groups excluding carboxylic acids is 1. The molecule has 0 bridgehead atoms. The van der Waals surface area contributed by atoms with E-state index >= 15 is 0 Å². The molecule has 26 heavy (non-hydrogen) atoms. The molecule has 1 N–H and O–H groups in total. The largest absolute Gasteiger partial charge is 0.349 e. The van der Waals surface area contributed by atoms with E-state index in [0.29, 0.717) is 11.4 Å². The average Bonchev–Trinajstić information content (AvgIpc) is 3.17. The lowest BCUT2D eigenvalue weighted by atomic mass is 10.0. The number of amides is 1. The number of halogens is 1. The summed E-state index contributed by atoms with van der Waals surface area (Å²) >= 11 is 7.96. The van der Waals surface area contributed by atoms with Crippen LogP contribution >= 0.6 is 23.4 Å². The van der Waals surface area contributed by atoms with Crippen molar-refractivity contribution in [3.05, 3.63) is 83.1 Å². The van der Waals surface area contributed by atoms with Crippen molar-refractivity contribution in [3.63, 3.8) is 0 Å². The minimum absolute atomic E-state index is 0.0385. The third-order valence-corrected chi connectivity index (χ3v) is 5.91. The topological polar surface area (TPSA) is 34.0 Å². The Morgan fingerprint density at radius 2 is 1.92 bits per heavy atom. The van der Waals surface area contributed by atoms with Crippen molar-refractivity contribution in [1.29, 1.82) is 0 Å². The Morgan fingerprint density at radius 1 is 1.15 bits per heavy atom. The lowest BCUT2D eigenvalue weighted by molar-refractivity contribution is -0.121. The van der Waals surface area contributed by atoms with E-state index in [2.05, 4.69) is 5.32 Å². The molecule has 0 fully saturated rings. The highest BCUT2D eigenvalue weighted by atomic mass is 35.5. The molecule has 0 saturated heterocycles. The van der Waals surface area contributed by atoms with E-state index in [1.165, 1.54) is 4.90 Å². The Balaban J connectivity index is 1.43. The zero-order valence-electron chi connectivity index (χ0n) is 14.2. The third-order valence-electron chi connectivity index (χ3n) is 4.55. The Kier molecular flexibility index (Phi) is 5.05. The van der Waals surface area contributed by atoms with Gasteiger partial charge in [0, 0.05) is 33.8 Å². The predicted octanol–water partition coefficient (Wildman–Crippen LogP) is 5.03. The molecule has 5 heteroatoms. The Morgan fingerprint density at radius 3 is 2.69 bits per heavy atom. The van der Waals surface area contributed by atoms with Crippen LogP contribution in [0, 0.1) is 0 Å². The van der Waals surface area contributed by atoms with Gasteiger partial charge in [0.2, 0.25) is 5.91 Å². The van der Waals surface area contributed by atoms with E-state index in [4.69, 9.17) is 11.6 Å². The Labute approximate surface area is 162 Å². The molecule has 2 aromatic carbocycles. The lowest BCUT2D eigenvalue weighted by Gasteiger charge is -2.26. The van der Waals surface area contributed by atoms with E-state index < -0.39 is 0 Å². The number of benzene rings is 2. The molecule has 1 atom stereocenters. The molecule has 4 rings (SSSR count). The number of hydrogen-bond acceptors (Lipinski definition) is 2. The van der Waals surface area contributed by atoms with Crippen molar-refractivity contribution < 1.29 is 4.79 Å². The maximum Gasteiger partial charge on any atom is 0.224 e. The van der Waals surface area contributed by atoms with Crippen molar-refractivity contribution in [2.75, 3.05) is 5.75 Å². The SMILES string of the molecule is O=C(Cc1ccc(-n2cccc2)cc1)NC1CCSc2ccc(Cl)cc21. The summed E-state index contributed by atoms with van der Waals surface area (Å²) in [5, 5.41) is 3.89. The monoisotopic (exact) mass is 382 g/mol. The van der Waals surface area contributed by atoms with Crippen LogP contribution in [0.2, 0.25) is 5.02 Å². The van der Waals surface area contributed by atoms with Gasteiger partial charge >= 0.3 is 0 Å². The van der Waals surface area contributed by atoms with Crippen LogP contribution in [0.5, 0.6) is 0 Å². The number of carbonyl (C=O) groups is 1. The minimum atomic E-state index is 0.0385. The summed E-state index contributed by atoms with van der Waals surface area (Å²) in [6.07, 6.45) is 5.32. The summed E-state index contributed by atoms with van der Waals surface area (Å²) in [5.41, 5.74) is 3.23. The number of nitrogens with one attached hydrogen (secondary N) is 1. The zero-order chi connectivity index (χ0) is 17.9.